The molecule has 0 radical (unpaired) electrons. The number of hydrogen-bond donors (Lipinski definition) is 0. The van der Waals surface area contributed by atoms with E-state index in [9.17, 15) is 0 Å². The van der Waals surface area contributed by atoms with Crippen LogP contribution in [0.3, 0.4) is 0 Å². The van der Waals surface area contributed by atoms with Crippen LogP contribution >= 0.6 is 0 Å². The van der Waals surface area contributed by atoms with Crippen LogP contribution in [0.5, 0.6) is 0 Å². The van der Waals surface area contributed by atoms with Crippen LogP contribution in [-0.4, -0.2) is 0 Å². The fraction of sp³-hybridized carbons (Fsp3) is 0.232. The van der Waals surface area contributed by atoms with Crippen molar-refractivity contribution >= 4 is 75.4 Å². The Morgan fingerprint density at radius 1 is 0.257 bits per heavy atom. The van der Waals surface area contributed by atoms with E-state index in [1.54, 1.807) is 0 Å². The van der Waals surface area contributed by atoms with E-state index >= 15 is 4.79 Å². The normalized spacial score (nSPS) is 13.2. The fourth-order valence-electron chi connectivity index (χ4n) is 11.8. The Kier molecular flexibility index (Phi) is 9.43. The Morgan fingerprint density at radius 3 is 0.971 bits per heavy atom. The molecule has 0 saturated heterocycles. The van der Waals surface area contributed by atoms with E-state index in [-0.39, 0.29) is 27.1 Å². The molecule has 0 fully saturated rings. The Morgan fingerprint density at radius 2 is 0.586 bits per heavy atom. The third kappa shape index (κ3) is 6.61. The summed E-state index contributed by atoms with van der Waals surface area (Å²) in [6, 6.07) is 59.2. The Labute approximate surface area is 412 Å². The largest absolute Gasteiger partial charge is 0.289 e. The molecule has 0 heterocycles. The van der Waals surface area contributed by atoms with Crippen molar-refractivity contribution in [3.63, 3.8) is 0 Å². The molecule has 344 valence electrons. The predicted octanol–water partition coefficient (Wildman–Crippen LogP) is 19.3. The third-order valence-electron chi connectivity index (χ3n) is 15.7. The van der Waals surface area contributed by atoms with Gasteiger partial charge in [0.25, 0.3) is 0 Å². The summed E-state index contributed by atoms with van der Waals surface area (Å²) in [7, 11) is 0. The van der Waals surface area contributed by atoms with Crippen LogP contribution in [0.2, 0.25) is 0 Å². The van der Waals surface area contributed by atoms with Crippen molar-refractivity contribution in [2.24, 2.45) is 0 Å². The number of benzene rings is 9. The first-order valence-electron chi connectivity index (χ1n) is 25.3. The summed E-state index contributed by atoms with van der Waals surface area (Å²) in [6.07, 6.45) is 0. The Hall–Kier alpha value is -7.09. The smallest absolute Gasteiger partial charge is 0.195 e. The summed E-state index contributed by atoms with van der Waals surface area (Å²) in [6.45, 7) is 27.4. The Balaban J connectivity index is 1.28. The average molecular weight is 907 g/mol. The van der Waals surface area contributed by atoms with E-state index in [0.29, 0.717) is 0 Å². The van der Waals surface area contributed by atoms with E-state index < -0.39 is 0 Å². The molecule has 0 N–H and O–H groups in total. The van der Waals surface area contributed by atoms with Crippen LogP contribution in [0, 0.1) is 0 Å². The maximum atomic E-state index is 16.2. The molecular formula is C69H62O. The minimum Gasteiger partial charge on any atom is -0.289 e. The quantitative estimate of drug-likeness (QED) is 0.161. The molecule has 1 nitrogen and oxygen atoms in total. The van der Waals surface area contributed by atoms with Crippen LogP contribution in [0.15, 0.2) is 163 Å². The highest BCUT2D eigenvalue weighted by Gasteiger charge is 2.31. The second-order valence-corrected chi connectivity index (χ2v) is 24.5. The van der Waals surface area contributed by atoms with Crippen molar-refractivity contribution in [2.45, 2.75) is 105 Å². The van der Waals surface area contributed by atoms with Crippen molar-refractivity contribution in [3.8, 4) is 44.5 Å². The molecular weight excluding hydrogens is 845 g/mol. The SMILES string of the molecule is CC(C)(C)c1cc(-c2c(=O)c(-c3cc(C(C)(C)C)cc(C(C)(C)C)c3)c3c4cc5c(cc6c7c(-c8ccccc8)ccc(-c8ccccc8)c7c7cccc5c76)c5cccc(c23)c54)cc(C(C)(C)C)c1. The minimum absolute atomic E-state index is 0.113. The van der Waals surface area contributed by atoms with Gasteiger partial charge in [-0.3, -0.25) is 4.79 Å². The molecule has 0 amide bonds. The van der Waals surface area contributed by atoms with Crippen LogP contribution in [0.4, 0.5) is 0 Å². The van der Waals surface area contributed by atoms with Crippen LogP contribution in [0.25, 0.3) is 120 Å². The molecule has 0 spiro atoms. The van der Waals surface area contributed by atoms with Crippen molar-refractivity contribution in [1.82, 2.24) is 0 Å². The zero-order chi connectivity index (χ0) is 49.0. The fourth-order valence-corrected chi connectivity index (χ4v) is 11.8. The second-order valence-electron chi connectivity index (χ2n) is 24.5. The molecule has 0 saturated carbocycles. The lowest BCUT2D eigenvalue weighted by Crippen LogP contribution is -2.17. The first-order valence-corrected chi connectivity index (χ1v) is 25.3. The van der Waals surface area contributed by atoms with Crippen molar-refractivity contribution < 1.29 is 0 Å². The highest BCUT2D eigenvalue weighted by Crippen LogP contribution is 2.53. The van der Waals surface area contributed by atoms with Gasteiger partial charge in [-0.2, -0.15) is 0 Å². The number of hydrogen-bond acceptors (Lipinski definition) is 1. The van der Waals surface area contributed by atoms with Gasteiger partial charge in [0.2, 0.25) is 0 Å². The molecule has 12 aromatic rings. The van der Waals surface area contributed by atoms with Crippen molar-refractivity contribution in [1.29, 1.82) is 0 Å². The lowest BCUT2D eigenvalue weighted by molar-refractivity contribution is 0.568. The van der Waals surface area contributed by atoms with Gasteiger partial charge in [-0.05, 0) is 154 Å². The van der Waals surface area contributed by atoms with Gasteiger partial charge < -0.3 is 0 Å². The highest BCUT2D eigenvalue weighted by molar-refractivity contribution is 6.44. The molecule has 0 aliphatic rings. The zero-order valence-corrected chi connectivity index (χ0v) is 42.9. The highest BCUT2D eigenvalue weighted by atomic mass is 16.1. The van der Waals surface area contributed by atoms with E-state index in [0.717, 1.165) is 43.8 Å². The zero-order valence-electron chi connectivity index (χ0n) is 42.9. The summed E-state index contributed by atoms with van der Waals surface area (Å²) in [5.74, 6) is 0. The monoisotopic (exact) mass is 906 g/mol. The van der Waals surface area contributed by atoms with E-state index in [2.05, 4.69) is 241 Å². The van der Waals surface area contributed by atoms with Gasteiger partial charge in [0.15, 0.2) is 5.43 Å². The maximum absolute atomic E-state index is 16.2. The lowest BCUT2D eigenvalue weighted by Gasteiger charge is -2.26. The number of fused-ring (bicyclic) bond motifs is 9. The molecule has 12 aromatic carbocycles. The van der Waals surface area contributed by atoms with Gasteiger partial charge in [0, 0.05) is 21.9 Å². The lowest BCUT2D eigenvalue weighted by atomic mass is 9.78. The molecule has 0 unspecified atom stereocenters. The molecule has 0 atom stereocenters. The maximum Gasteiger partial charge on any atom is 0.195 e. The predicted molar refractivity (Wildman–Crippen MR) is 305 cm³/mol. The standard InChI is InChI=1S/C69H62O/c1-66(2,3)43-31-41(32-44(35-43)67(4,5)6)57-63-52-28-20-26-50-53-37-55-59-49(25-19-27-51(59)61-47(39-21-15-13-16-22-39)29-30-48(62(55)61)40-23-17-14-18-24-40)54(53)38-56(60(50)52)64(63)58(65(57)70)42-33-45(68(7,8)9)36-46(34-42)69(10,11)12/h13-38H,1-12H3. The van der Waals surface area contributed by atoms with Crippen LogP contribution in [-0.2, 0) is 21.7 Å². The Bertz CT molecular complexity index is 4060. The van der Waals surface area contributed by atoms with E-state index in [1.807, 2.05) is 0 Å². The van der Waals surface area contributed by atoms with Gasteiger partial charge in [-0.15, -0.1) is 0 Å². The summed E-state index contributed by atoms with van der Waals surface area (Å²) in [5.41, 5.74) is 13.1. The van der Waals surface area contributed by atoms with E-state index in [4.69, 9.17) is 0 Å². The summed E-state index contributed by atoms with van der Waals surface area (Å²) < 4.78 is 0. The summed E-state index contributed by atoms with van der Waals surface area (Å²) in [5, 5.41) is 17.0. The van der Waals surface area contributed by atoms with Crippen LogP contribution in [0.1, 0.15) is 105 Å². The molecule has 0 aliphatic carbocycles. The average Bonchev–Trinajstić information content (AvgIpc) is 3.94. The van der Waals surface area contributed by atoms with Gasteiger partial charge in [-0.1, -0.05) is 229 Å². The third-order valence-corrected chi connectivity index (χ3v) is 15.7. The molecule has 70 heavy (non-hydrogen) atoms. The molecule has 12 rings (SSSR count). The van der Waals surface area contributed by atoms with Crippen LogP contribution < -0.4 is 5.43 Å². The van der Waals surface area contributed by atoms with Crippen molar-refractivity contribution in [3.05, 3.63) is 190 Å². The molecule has 0 bridgehead atoms. The summed E-state index contributed by atoms with van der Waals surface area (Å²) in [4.78, 5) is 16.2. The summed E-state index contributed by atoms with van der Waals surface area (Å²) >= 11 is 0. The molecule has 0 aromatic heterocycles. The molecule has 0 aliphatic heterocycles. The minimum atomic E-state index is -0.127. The second kappa shape index (κ2) is 15.0. The van der Waals surface area contributed by atoms with Gasteiger partial charge in [-0.25, -0.2) is 0 Å². The molecule has 1 heteroatoms. The van der Waals surface area contributed by atoms with E-state index in [1.165, 1.54) is 98.4 Å². The van der Waals surface area contributed by atoms with Gasteiger partial charge in [0.05, 0.1) is 0 Å². The first kappa shape index (κ1) is 44.1. The first-order chi connectivity index (χ1) is 33.2. The van der Waals surface area contributed by atoms with Gasteiger partial charge >= 0.3 is 0 Å². The topological polar surface area (TPSA) is 17.1 Å². The number of rotatable bonds is 4. The van der Waals surface area contributed by atoms with Crippen molar-refractivity contribution in [2.75, 3.05) is 0 Å². The van der Waals surface area contributed by atoms with Gasteiger partial charge in [0.1, 0.15) is 0 Å².